The molecule has 1 N–H and O–H groups in total. The van der Waals surface area contributed by atoms with E-state index >= 15 is 0 Å². The van der Waals surface area contributed by atoms with E-state index in [2.05, 4.69) is 10.3 Å². The summed E-state index contributed by atoms with van der Waals surface area (Å²) in [6, 6.07) is 15.0. The van der Waals surface area contributed by atoms with Crippen LogP contribution in [0.1, 0.15) is 16.1 Å². The standard InChI is InChI=1S/C17H13FN2O/c1-11-9-16(14-10-13(18)7-8-15(14)19-11)20-17(21)12-5-3-2-4-6-12/h2-10H,1H3,(H,19,20,21). The summed E-state index contributed by atoms with van der Waals surface area (Å²) in [5, 5.41) is 3.41. The summed E-state index contributed by atoms with van der Waals surface area (Å²) < 4.78 is 13.4. The smallest absolute Gasteiger partial charge is 0.255 e. The van der Waals surface area contributed by atoms with E-state index in [9.17, 15) is 9.18 Å². The second-order valence-corrected chi connectivity index (χ2v) is 4.79. The highest BCUT2D eigenvalue weighted by atomic mass is 19.1. The summed E-state index contributed by atoms with van der Waals surface area (Å²) in [6.07, 6.45) is 0. The van der Waals surface area contributed by atoms with Gasteiger partial charge in [0, 0.05) is 16.6 Å². The lowest BCUT2D eigenvalue weighted by Gasteiger charge is -2.10. The molecule has 0 aliphatic carbocycles. The Morgan fingerprint density at radius 2 is 1.86 bits per heavy atom. The average molecular weight is 280 g/mol. The highest BCUT2D eigenvalue weighted by Crippen LogP contribution is 2.24. The molecule has 3 nitrogen and oxygen atoms in total. The maximum atomic E-state index is 13.4. The summed E-state index contributed by atoms with van der Waals surface area (Å²) >= 11 is 0. The zero-order valence-corrected chi connectivity index (χ0v) is 11.4. The van der Waals surface area contributed by atoms with Crippen LogP contribution in [0.15, 0.2) is 54.6 Å². The fraction of sp³-hybridized carbons (Fsp3) is 0.0588. The first kappa shape index (κ1) is 13.2. The van der Waals surface area contributed by atoms with E-state index in [1.165, 1.54) is 12.1 Å². The fourth-order valence-corrected chi connectivity index (χ4v) is 2.22. The molecule has 0 aliphatic rings. The number of aryl methyl sites for hydroxylation is 1. The molecule has 2 aromatic carbocycles. The van der Waals surface area contributed by atoms with Crippen LogP contribution in [0.25, 0.3) is 10.9 Å². The van der Waals surface area contributed by atoms with Gasteiger partial charge in [-0.05, 0) is 43.3 Å². The molecule has 1 aromatic heterocycles. The Bertz CT molecular complexity index is 816. The lowest BCUT2D eigenvalue weighted by atomic mass is 10.1. The first-order valence-corrected chi connectivity index (χ1v) is 6.57. The van der Waals surface area contributed by atoms with Gasteiger partial charge in [-0.15, -0.1) is 0 Å². The van der Waals surface area contributed by atoms with Gasteiger partial charge in [0.15, 0.2) is 0 Å². The zero-order chi connectivity index (χ0) is 14.8. The monoisotopic (exact) mass is 280 g/mol. The molecule has 1 heterocycles. The van der Waals surface area contributed by atoms with Crippen molar-refractivity contribution in [1.82, 2.24) is 4.98 Å². The summed E-state index contributed by atoms with van der Waals surface area (Å²) in [5.74, 6) is -0.588. The van der Waals surface area contributed by atoms with Crippen LogP contribution in [0.4, 0.5) is 10.1 Å². The number of hydrogen-bond acceptors (Lipinski definition) is 2. The number of carbonyl (C=O) groups is 1. The van der Waals surface area contributed by atoms with Gasteiger partial charge in [-0.3, -0.25) is 9.78 Å². The summed E-state index contributed by atoms with van der Waals surface area (Å²) in [5.41, 5.74) is 2.53. The van der Waals surface area contributed by atoms with Gasteiger partial charge >= 0.3 is 0 Å². The van der Waals surface area contributed by atoms with E-state index in [1.54, 1.807) is 36.4 Å². The van der Waals surface area contributed by atoms with Gasteiger partial charge < -0.3 is 5.32 Å². The lowest BCUT2D eigenvalue weighted by molar-refractivity contribution is 0.102. The molecule has 0 saturated carbocycles. The van der Waals surface area contributed by atoms with Gasteiger partial charge in [0.1, 0.15) is 5.82 Å². The molecule has 1 amide bonds. The Balaban J connectivity index is 2.04. The molecule has 3 rings (SSSR count). The number of nitrogens with one attached hydrogen (secondary N) is 1. The normalized spacial score (nSPS) is 10.6. The Morgan fingerprint density at radius 1 is 1.10 bits per heavy atom. The van der Waals surface area contributed by atoms with Gasteiger partial charge in [0.05, 0.1) is 11.2 Å². The first-order chi connectivity index (χ1) is 10.1. The van der Waals surface area contributed by atoms with Crippen LogP contribution in [0.2, 0.25) is 0 Å². The molecule has 0 spiro atoms. The average Bonchev–Trinajstić information content (AvgIpc) is 2.49. The maximum absolute atomic E-state index is 13.4. The van der Waals surface area contributed by atoms with Crippen LogP contribution in [0.3, 0.4) is 0 Å². The van der Waals surface area contributed by atoms with Crippen molar-refractivity contribution in [2.75, 3.05) is 5.32 Å². The third-order valence-corrected chi connectivity index (χ3v) is 3.18. The van der Waals surface area contributed by atoms with Crippen molar-refractivity contribution >= 4 is 22.5 Å². The van der Waals surface area contributed by atoms with E-state index in [0.717, 1.165) is 5.69 Å². The van der Waals surface area contributed by atoms with E-state index in [4.69, 9.17) is 0 Å². The van der Waals surface area contributed by atoms with Crippen LogP contribution in [0, 0.1) is 12.7 Å². The number of aromatic nitrogens is 1. The Labute approximate surface area is 121 Å². The molecule has 0 saturated heterocycles. The van der Waals surface area contributed by atoms with Crippen LogP contribution in [-0.2, 0) is 0 Å². The Hall–Kier alpha value is -2.75. The summed E-state index contributed by atoms with van der Waals surface area (Å²) in [7, 11) is 0. The minimum atomic E-state index is -0.358. The third kappa shape index (κ3) is 2.74. The molecule has 4 heteroatoms. The van der Waals surface area contributed by atoms with Gasteiger partial charge in [-0.25, -0.2) is 4.39 Å². The number of carbonyl (C=O) groups excluding carboxylic acids is 1. The van der Waals surface area contributed by atoms with Crippen molar-refractivity contribution in [3.63, 3.8) is 0 Å². The van der Waals surface area contributed by atoms with Crippen LogP contribution in [0.5, 0.6) is 0 Å². The number of nitrogens with zero attached hydrogens (tertiary/aromatic N) is 1. The molecule has 0 radical (unpaired) electrons. The van der Waals surface area contributed by atoms with Crippen molar-refractivity contribution in [2.24, 2.45) is 0 Å². The third-order valence-electron chi connectivity index (χ3n) is 3.18. The molecule has 21 heavy (non-hydrogen) atoms. The molecule has 0 atom stereocenters. The lowest BCUT2D eigenvalue weighted by Crippen LogP contribution is -2.12. The van der Waals surface area contributed by atoms with Crippen LogP contribution in [-0.4, -0.2) is 10.9 Å². The zero-order valence-electron chi connectivity index (χ0n) is 11.4. The minimum absolute atomic E-state index is 0.230. The highest BCUT2D eigenvalue weighted by Gasteiger charge is 2.10. The van der Waals surface area contributed by atoms with Gasteiger partial charge in [-0.1, -0.05) is 18.2 Å². The molecule has 0 unspecified atom stereocenters. The van der Waals surface area contributed by atoms with Gasteiger partial charge in [-0.2, -0.15) is 0 Å². The Kier molecular flexibility index (Phi) is 3.36. The summed E-state index contributed by atoms with van der Waals surface area (Å²) in [4.78, 5) is 16.6. The van der Waals surface area contributed by atoms with Gasteiger partial charge in [0.25, 0.3) is 5.91 Å². The second kappa shape index (κ2) is 5.32. The van der Waals surface area contributed by atoms with Crippen molar-refractivity contribution < 1.29 is 9.18 Å². The molecular formula is C17H13FN2O. The number of amides is 1. The Morgan fingerprint density at radius 3 is 2.62 bits per heavy atom. The number of hydrogen-bond donors (Lipinski definition) is 1. The molecule has 0 bridgehead atoms. The molecule has 104 valence electrons. The summed E-state index contributed by atoms with van der Waals surface area (Å²) in [6.45, 7) is 1.83. The van der Waals surface area contributed by atoms with E-state index in [-0.39, 0.29) is 11.7 Å². The minimum Gasteiger partial charge on any atom is -0.321 e. The largest absolute Gasteiger partial charge is 0.321 e. The SMILES string of the molecule is Cc1cc(NC(=O)c2ccccc2)c2cc(F)ccc2n1. The van der Waals surface area contributed by atoms with E-state index in [1.807, 2.05) is 13.0 Å². The van der Waals surface area contributed by atoms with Crippen molar-refractivity contribution in [2.45, 2.75) is 6.92 Å². The van der Waals surface area contributed by atoms with Crippen molar-refractivity contribution in [1.29, 1.82) is 0 Å². The molecule has 0 aliphatic heterocycles. The topological polar surface area (TPSA) is 42.0 Å². The van der Waals surface area contributed by atoms with Crippen LogP contribution < -0.4 is 5.32 Å². The number of anilines is 1. The molecule has 0 fully saturated rings. The van der Waals surface area contributed by atoms with Crippen molar-refractivity contribution in [3.8, 4) is 0 Å². The van der Waals surface area contributed by atoms with E-state index < -0.39 is 0 Å². The van der Waals surface area contributed by atoms with Crippen molar-refractivity contribution in [3.05, 3.63) is 71.7 Å². The molecular weight excluding hydrogens is 267 g/mol. The van der Waals surface area contributed by atoms with Gasteiger partial charge in [0.2, 0.25) is 0 Å². The fourth-order valence-electron chi connectivity index (χ4n) is 2.22. The number of rotatable bonds is 2. The van der Waals surface area contributed by atoms with Crippen LogP contribution >= 0.6 is 0 Å². The maximum Gasteiger partial charge on any atom is 0.255 e. The number of halogens is 1. The number of benzene rings is 2. The second-order valence-electron chi connectivity index (χ2n) is 4.79. The quantitative estimate of drug-likeness (QED) is 0.772. The highest BCUT2D eigenvalue weighted by molar-refractivity contribution is 6.08. The number of pyridine rings is 1. The molecule has 3 aromatic rings. The van der Waals surface area contributed by atoms with E-state index in [0.29, 0.717) is 22.2 Å². The predicted molar refractivity (Wildman–Crippen MR) is 80.8 cm³/mol. The predicted octanol–water partition coefficient (Wildman–Crippen LogP) is 3.93. The first-order valence-electron chi connectivity index (χ1n) is 6.57. The number of fused-ring (bicyclic) bond motifs is 1.